The van der Waals surface area contributed by atoms with Crippen LogP contribution >= 0.6 is 0 Å². The molecule has 9 heteroatoms. The molecule has 3 aliphatic rings. The topological polar surface area (TPSA) is 86.8 Å². The molecule has 1 aliphatic carbocycles. The van der Waals surface area contributed by atoms with E-state index >= 15 is 0 Å². The normalized spacial score (nSPS) is 32.2. The maximum Gasteiger partial charge on any atom is 0.292 e. The van der Waals surface area contributed by atoms with Crippen molar-refractivity contribution in [2.75, 3.05) is 20.1 Å². The van der Waals surface area contributed by atoms with Gasteiger partial charge in [0.05, 0.1) is 5.25 Å². The first kappa shape index (κ1) is 25.4. The maximum atomic E-state index is 12.9. The second-order valence-electron chi connectivity index (χ2n) is 11.6. The Hall–Kier alpha value is -0.220. The molecule has 2 saturated heterocycles. The molecule has 0 amide bonds. The molecule has 3 rings (SSSR count). The smallest absolute Gasteiger partial charge is 0.292 e. The van der Waals surface area contributed by atoms with Gasteiger partial charge in [-0.3, -0.25) is 4.90 Å². The van der Waals surface area contributed by atoms with Gasteiger partial charge in [0, 0.05) is 24.2 Å². The molecule has 1 saturated carbocycles. The summed E-state index contributed by atoms with van der Waals surface area (Å²) in [4.78, 5) is 2.47. The second-order valence-corrected chi connectivity index (χ2v) is 15.5. The fraction of sp³-hybridized carbons (Fsp3) is 1.00. The van der Waals surface area contributed by atoms with Gasteiger partial charge in [-0.2, -0.15) is 12.7 Å². The summed E-state index contributed by atoms with van der Waals surface area (Å²) in [7, 11) is -5.70. The summed E-state index contributed by atoms with van der Waals surface area (Å²) in [5, 5.41) is -0.597. The predicted molar refractivity (Wildman–Crippen MR) is 125 cm³/mol. The fourth-order valence-corrected chi connectivity index (χ4v) is 9.90. The standard InChI is InChI=1S/C22H43N3O4S2/c1-17-7-9-20(10-8-17)30(26,27)23-31(28,29)25-13-11-18(12-14-25)19-15-21(2,3)24(6)22(4,5)16-19/h17-20,23H,7-16H2,1-6H3. The summed E-state index contributed by atoms with van der Waals surface area (Å²) in [6.07, 6.45) is 6.55. The number of nitrogens with zero attached hydrogens (tertiary/aromatic N) is 2. The summed E-state index contributed by atoms with van der Waals surface area (Å²) in [5.74, 6) is 1.55. The Morgan fingerprint density at radius 3 is 1.74 bits per heavy atom. The van der Waals surface area contributed by atoms with E-state index < -0.39 is 25.5 Å². The highest BCUT2D eigenvalue weighted by molar-refractivity contribution is 8.04. The highest BCUT2D eigenvalue weighted by Gasteiger charge is 2.46. The number of hydrogen-bond acceptors (Lipinski definition) is 5. The lowest BCUT2D eigenvalue weighted by atomic mass is 9.67. The molecule has 2 aliphatic heterocycles. The third kappa shape index (κ3) is 5.65. The number of rotatable bonds is 5. The molecule has 7 nitrogen and oxygen atoms in total. The monoisotopic (exact) mass is 477 g/mol. The van der Waals surface area contributed by atoms with Crippen molar-refractivity contribution in [2.45, 2.75) is 102 Å². The van der Waals surface area contributed by atoms with Crippen LogP contribution in [0.2, 0.25) is 0 Å². The van der Waals surface area contributed by atoms with E-state index in [4.69, 9.17) is 0 Å². The molecule has 0 unspecified atom stereocenters. The minimum Gasteiger partial charge on any atom is -0.296 e. The van der Waals surface area contributed by atoms with Crippen LogP contribution in [0, 0.1) is 17.8 Å². The first-order valence-electron chi connectivity index (χ1n) is 11.9. The van der Waals surface area contributed by atoms with E-state index in [2.05, 4.69) is 50.7 Å². The highest BCUT2D eigenvalue weighted by Crippen LogP contribution is 2.45. The Morgan fingerprint density at radius 2 is 1.26 bits per heavy atom. The van der Waals surface area contributed by atoms with Crippen molar-refractivity contribution < 1.29 is 16.8 Å². The van der Waals surface area contributed by atoms with Crippen molar-refractivity contribution in [1.29, 1.82) is 0 Å². The van der Waals surface area contributed by atoms with Crippen molar-refractivity contribution in [2.24, 2.45) is 17.8 Å². The second kappa shape index (κ2) is 8.85. The molecule has 0 atom stereocenters. The summed E-state index contributed by atoms with van der Waals surface area (Å²) >= 11 is 0. The Bertz CT molecular complexity index is 820. The minimum absolute atomic E-state index is 0.114. The van der Waals surface area contributed by atoms with Crippen molar-refractivity contribution >= 4 is 20.2 Å². The average Bonchev–Trinajstić information content (AvgIpc) is 2.65. The first-order chi connectivity index (χ1) is 14.1. The van der Waals surface area contributed by atoms with Gasteiger partial charge in [-0.25, -0.2) is 8.42 Å². The van der Waals surface area contributed by atoms with Crippen LogP contribution in [0.1, 0.15) is 86.0 Å². The van der Waals surface area contributed by atoms with E-state index in [1.165, 1.54) is 4.31 Å². The molecule has 31 heavy (non-hydrogen) atoms. The molecule has 3 fully saturated rings. The van der Waals surface area contributed by atoms with E-state index in [0.29, 0.717) is 43.7 Å². The van der Waals surface area contributed by atoms with Crippen LogP contribution in [-0.2, 0) is 20.2 Å². The van der Waals surface area contributed by atoms with Crippen molar-refractivity contribution in [3.63, 3.8) is 0 Å². The molecule has 1 N–H and O–H groups in total. The molecule has 0 aromatic heterocycles. The van der Waals surface area contributed by atoms with Gasteiger partial charge in [-0.1, -0.05) is 11.1 Å². The zero-order valence-corrected chi connectivity index (χ0v) is 21.9. The van der Waals surface area contributed by atoms with E-state index in [1.807, 2.05) is 0 Å². The zero-order chi connectivity index (χ0) is 23.2. The van der Waals surface area contributed by atoms with Crippen LogP contribution in [0.4, 0.5) is 0 Å². The van der Waals surface area contributed by atoms with Gasteiger partial charge in [0.15, 0.2) is 0 Å². The van der Waals surface area contributed by atoms with Crippen LogP contribution in [0.3, 0.4) is 0 Å². The fourth-order valence-electron chi connectivity index (χ4n) is 6.18. The van der Waals surface area contributed by atoms with Gasteiger partial charge in [-0.05, 0) is 104 Å². The Kier molecular flexibility index (Phi) is 7.26. The van der Waals surface area contributed by atoms with Gasteiger partial charge in [-0.15, -0.1) is 0 Å². The van der Waals surface area contributed by atoms with Crippen LogP contribution in [0.5, 0.6) is 0 Å². The van der Waals surface area contributed by atoms with E-state index in [0.717, 1.165) is 38.5 Å². The van der Waals surface area contributed by atoms with Gasteiger partial charge in [0.2, 0.25) is 10.0 Å². The Morgan fingerprint density at radius 1 is 0.774 bits per heavy atom. The largest absolute Gasteiger partial charge is 0.296 e. The lowest BCUT2D eigenvalue weighted by molar-refractivity contribution is -0.0492. The van der Waals surface area contributed by atoms with Crippen LogP contribution in [0.25, 0.3) is 0 Å². The number of sulfonamides is 1. The first-order valence-corrected chi connectivity index (χ1v) is 14.9. The zero-order valence-electron chi connectivity index (χ0n) is 20.2. The minimum atomic E-state index is -4.03. The van der Waals surface area contributed by atoms with Crippen molar-refractivity contribution in [3.05, 3.63) is 0 Å². The summed E-state index contributed by atoms with van der Waals surface area (Å²) in [6, 6.07) is 0. The summed E-state index contributed by atoms with van der Waals surface area (Å²) < 4.78 is 54.6. The molecule has 0 spiro atoms. The van der Waals surface area contributed by atoms with E-state index in [1.54, 1.807) is 0 Å². The maximum absolute atomic E-state index is 12.9. The molecular formula is C22H43N3O4S2. The van der Waals surface area contributed by atoms with Crippen molar-refractivity contribution in [3.8, 4) is 0 Å². The quantitative estimate of drug-likeness (QED) is 0.656. The van der Waals surface area contributed by atoms with Gasteiger partial charge in [0.1, 0.15) is 0 Å². The highest BCUT2D eigenvalue weighted by atomic mass is 32.3. The molecule has 0 aromatic rings. The summed E-state index contributed by atoms with van der Waals surface area (Å²) in [5.41, 5.74) is 0.228. The molecule has 182 valence electrons. The molecular weight excluding hydrogens is 434 g/mol. The average molecular weight is 478 g/mol. The SMILES string of the molecule is CC1CCC(S(=O)(=O)NS(=O)(=O)N2CCC(C3CC(C)(C)N(C)C(C)(C)C3)CC2)CC1. The molecule has 0 bridgehead atoms. The Labute approximate surface area is 190 Å². The van der Waals surface area contributed by atoms with Crippen LogP contribution in [0.15, 0.2) is 0 Å². The Balaban J connectivity index is 1.60. The number of likely N-dealkylation sites (tertiary alicyclic amines) is 1. The summed E-state index contributed by atoms with van der Waals surface area (Å²) in [6.45, 7) is 12.1. The lowest BCUT2D eigenvalue weighted by Gasteiger charge is -2.55. The third-order valence-electron chi connectivity index (χ3n) is 8.47. The number of piperidine rings is 2. The van der Waals surface area contributed by atoms with Crippen molar-refractivity contribution in [1.82, 2.24) is 13.3 Å². The van der Waals surface area contributed by atoms with Crippen LogP contribution < -0.4 is 4.13 Å². The molecule has 2 heterocycles. The number of hydrogen-bond donors (Lipinski definition) is 1. The lowest BCUT2D eigenvalue weighted by Crippen LogP contribution is -2.60. The number of nitrogens with one attached hydrogen (secondary N) is 1. The van der Waals surface area contributed by atoms with Crippen LogP contribution in [-0.4, -0.2) is 62.5 Å². The predicted octanol–water partition coefficient (Wildman–Crippen LogP) is 3.34. The van der Waals surface area contributed by atoms with Gasteiger partial charge >= 0.3 is 0 Å². The van der Waals surface area contributed by atoms with E-state index in [9.17, 15) is 16.8 Å². The van der Waals surface area contributed by atoms with E-state index in [-0.39, 0.29) is 11.1 Å². The third-order valence-corrected chi connectivity index (χ3v) is 12.6. The van der Waals surface area contributed by atoms with Gasteiger partial charge in [0.25, 0.3) is 10.2 Å². The molecule has 0 aromatic carbocycles. The van der Waals surface area contributed by atoms with Gasteiger partial charge < -0.3 is 0 Å². The molecule has 0 radical (unpaired) electrons.